The van der Waals surface area contributed by atoms with Crippen molar-refractivity contribution in [2.24, 2.45) is 0 Å². The highest BCUT2D eigenvalue weighted by molar-refractivity contribution is 6.31. The Morgan fingerprint density at radius 1 is 0.912 bits per heavy atom. The second kappa shape index (κ2) is 9.49. The number of rotatable bonds is 7. The Labute approximate surface area is 201 Å². The van der Waals surface area contributed by atoms with Crippen LogP contribution in [0.2, 0.25) is 5.02 Å². The van der Waals surface area contributed by atoms with Crippen LogP contribution in [0, 0.1) is 5.82 Å². The van der Waals surface area contributed by atoms with Gasteiger partial charge in [0.2, 0.25) is 5.95 Å². The summed E-state index contributed by atoms with van der Waals surface area (Å²) in [5.41, 5.74) is 10.4. The van der Waals surface area contributed by atoms with E-state index in [0.29, 0.717) is 47.1 Å². The van der Waals surface area contributed by atoms with Crippen LogP contribution in [0.4, 0.5) is 16.2 Å². The molecule has 0 amide bonds. The van der Waals surface area contributed by atoms with E-state index in [1.165, 1.54) is 11.6 Å². The number of benzene rings is 3. The van der Waals surface area contributed by atoms with Crippen molar-refractivity contribution >= 4 is 34.4 Å². The van der Waals surface area contributed by atoms with Crippen molar-refractivity contribution in [1.29, 1.82) is 0 Å². The molecule has 0 aliphatic carbocycles. The minimum absolute atomic E-state index is 0.0121. The number of hydrogen-bond donors (Lipinski definition) is 2. The van der Waals surface area contributed by atoms with E-state index in [0.717, 1.165) is 12.0 Å². The topological polar surface area (TPSA) is 81.7 Å². The van der Waals surface area contributed by atoms with Crippen LogP contribution >= 0.6 is 11.6 Å². The molecule has 0 radical (unpaired) electrons. The van der Waals surface area contributed by atoms with Gasteiger partial charge in [0.15, 0.2) is 5.65 Å². The second-order valence-electron chi connectivity index (χ2n) is 7.91. The summed E-state index contributed by atoms with van der Waals surface area (Å²) in [7, 11) is 0. The van der Waals surface area contributed by atoms with Crippen LogP contribution in [-0.2, 0) is 13.0 Å². The lowest BCUT2D eigenvalue weighted by Crippen LogP contribution is -2.08. The normalized spacial score (nSPS) is 11.1. The average molecular weight is 473 g/mol. The monoisotopic (exact) mass is 472 g/mol. The Balaban J connectivity index is 1.54. The summed E-state index contributed by atoms with van der Waals surface area (Å²) in [5, 5.41) is 8.55. The predicted molar refractivity (Wildman–Crippen MR) is 134 cm³/mol. The maximum atomic E-state index is 13.8. The van der Waals surface area contributed by atoms with E-state index in [2.05, 4.69) is 27.5 Å². The molecule has 5 aromatic rings. The minimum Gasteiger partial charge on any atom is -0.383 e. The van der Waals surface area contributed by atoms with Gasteiger partial charge in [0, 0.05) is 12.1 Å². The van der Waals surface area contributed by atoms with E-state index in [-0.39, 0.29) is 5.02 Å². The van der Waals surface area contributed by atoms with E-state index in [1.807, 2.05) is 48.5 Å². The number of nitrogens with zero attached hydrogens (tertiary/aromatic N) is 4. The summed E-state index contributed by atoms with van der Waals surface area (Å²) in [6.07, 6.45) is 0.810. The van der Waals surface area contributed by atoms with Gasteiger partial charge in [-0.3, -0.25) is 0 Å². The Hall–Kier alpha value is -3.97. The van der Waals surface area contributed by atoms with Gasteiger partial charge in [-0.15, -0.1) is 5.10 Å². The van der Waals surface area contributed by atoms with Crippen molar-refractivity contribution in [3.63, 3.8) is 0 Å². The van der Waals surface area contributed by atoms with Gasteiger partial charge in [0.05, 0.1) is 22.6 Å². The molecule has 0 aliphatic heterocycles. The molecule has 0 unspecified atom stereocenters. The number of fused-ring (bicyclic) bond motifs is 1. The molecule has 8 heteroatoms. The van der Waals surface area contributed by atoms with E-state index < -0.39 is 5.82 Å². The van der Waals surface area contributed by atoms with Crippen molar-refractivity contribution in [2.75, 3.05) is 17.6 Å². The summed E-state index contributed by atoms with van der Waals surface area (Å²) in [4.78, 5) is 9.33. The molecule has 0 bridgehead atoms. The maximum Gasteiger partial charge on any atom is 0.225 e. The molecule has 0 saturated carbocycles. The molecule has 5 rings (SSSR count). The Kier molecular flexibility index (Phi) is 6.10. The summed E-state index contributed by atoms with van der Waals surface area (Å²) in [6, 6.07) is 24.6. The molecule has 170 valence electrons. The lowest BCUT2D eigenvalue weighted by Gasteiger charge is -2.09. The summed E-state index contributed by atoms with van der Waals surface area (Å²) in [6.45, 7) is 1.13. The molecule has 0 saturated heterocycles. The van der Waals surface area contributed by atoms with Gasteiger partial charge < -0.3 is 11.1 Å². The molecule has 2 aromatic heterocycles. The van der Waals surface area contributed by atoms with E-state index >= 15 is 0 Å². The zero-order chi connectivity index (χ0) is 23.5. The van der Waals surface area contributed by atoms with Crippen molar-refractivity contribution in [3.8, 4) is 11.3 Å². The molecular formula is C26H22ClFN6. The van der Waals surface area contributed by atoms with Gasteiger partial charge in [-0.1, -0.05) is 72.3 Å². The fraction of sp³-hybridized carbons (Fsp3) is 0.115. The van der Waals surface area contributed by atoms with Crippen LogP contribution in [0.1, 0.15) is 11.1 Å². The highest BCUT2D eigenvalue weighted by atomic mass is 35.5. The Bertz CT molecular complexity index is 1440. The van der Waals surface area contributed by atoms with Crippen molar-refractivity contribution in [3.05, 3.63) is 101 Å². The zero-order valence-corrected chi connectivity index (χ0v) is 19.0. The molecule has 2 heterocycles. The third-order valence-corrected chi connectivity index (χ3v) is 5.84. The first kappa shape index (κ1) is 21.9. The van der Waals surface area contributed by atoms with E-state index in [4.69, 9.17) is 22.3 Å². The quantitative estimate of drug-likeness (QED) is 0.323. The smallest absolute Gasteiger partial charge is 0.225 e. The number of hydrogen-bond acceptors (Lipinski definition) is 5. The molecule has 0 fully saturated rings. The number of nitrogen functional groups attached to an aromatic ring is 1. The number of nitrogens with one attached hydrogen (secondary N) is 1. The van der Waals surface area contributed by atoms with Crippen LogP contribution in [0.3, 0.4) is 0 Å². The number of halogens is 2. The summed E-state index contributed by atoms with van der Waals surface area (Å²) in [5.74, 6) is 0.359. The largest absolute Gasteiger partial charge is 0.383 e. The van der Waals surface area contributed by atoms with Crippen LogP contribution in [0.5, 0.6) is 0 Å². The first-order chi connectivity index (χ1) is 16.6. The third kappa shape index (κ3) is 4.56. The van der Waals surface area contributed by atoms with Crippen molar-refractivity contribution in [2.45, 2.75) is 13.0 Å². The SMILES string of the molecule is Nc1c2c(-c3ccc(F)c(Cl)c3)nc(NCCc3ccccc3)nc2nn1Cc1ccccc1. The predicted octanol–water partition coefficient (Wildman–Crippen LogP) is 5.57. The standard InChI is InChI=1S/C26H22ClFN6/c27-20-15-19(11-12-21(20)28)23-22-24(29)34(16-18-9-5-2-6-10-18)33-25(22)32-26(31-23)30-14-13-17-7-3-1-4-8-17/h1-12,15H,13-14,16,29H2,(H,30,32,33). The Morgan fingerprint density at radius 2 is 1.62 bits per heavy atom. The van der Waals surface area contributed by atoms with E-state index in [1.54, 1.807) is 16.8 Å². The van der Waals surface area contributed by atoms with Gasteiger partial charge in [0.1, 0.15) is 11.6 Å². The lowest BCUT2D eigenvalue weighted by atomic mass is 10.1. The zero-order valence-electron chi connectivity index (χ0n) is 18.2. The molecule has 0 aliphatic rings. The number of aromatic nitrogens is 4. The van der Waals surface area contributed by atoms with Crippen molar-refractivity contribution < 1.29 is 4.39 Å². The molecule has 6 nitrogen and oxygen atoms in total. The minimum atomic E-state index is -0.496. The Morgan fingerprint density at radius 3 is 2.32 bits per heavy atom. The number of anilines is 2. The van der Waals surface area contributed by atoms with Gasteiger partial charge in [-0.2, -0.15) is 4.98 Å². The average Bonchev–Trinajstić information content (AvgIpc) is 3.16. The summed E-state index contributed by atoms with van der Waals surface area (Å²) >= 11 is 6.07. The highest BCUT2D eigenvalue weighted by Gasteiger charge is 2.19. The molecule has 0 atom stereocenters. The van der Waals surface area contributed by atoms with Crippen molar-refractivity contribution in [1.82, 2.24) is 19.7 Å². The van der Waals surface area contributed by atoms with Crippen LogP contribution in [-0.4, -0.2) is 26.3 Å². The fourth-order valence-electron chi connectivity index (χ4n) is 3.83. The van der Waals surface area contributed by atoms with Gasteiger partial charge >= 0.3 is 0 Å². The van der Waals surface area contributed by atoms with Crippen LogP contribution < -0.4 is 11.1 Å². The first-order valence-corrected chi connectivity index (χ1v) is 11.3. The fourth-order valence-corrected chi connectivity index (χ4v) is 4.01. The number of nitrogens with two attached hydrogens (primary N) is 1. The summed E-state index contributed by atoms with van der Waals surface area (Å²) < 4.78 is 15.5. The molecule has 3 N–H and O–H groups in total. The molecule has 3 aromatic carbocycles. The first-order valence-electron chi connectivity index (χ1n) is 10.9. The highest BCUT2D eigenvalue weighted by Crippen LogP contribution is 2.33. The lowest BCUT2D eigenvalue weighted by molar-refractivity contribution is 0.628. The molecule has 0 spiro atoms. The van der Waals surface area contributed by atoms with E-state index in [9.17, 15) is 4.39 Å². The molecule has 34 heavy (non-hydrogen) atoms. The molecular weight excluding hydrogens is 451 g/mol. The van der Waals surface area contributed by atoms with Crippen LogP contribution in [0.25, 0.3) is 22.3 Å². The van der Waals surface area contributed by atoms with Gasteiger partial charge in [-0.05, 0) is 35.7 Å². The van der Waals surface area contributed by atoms with Gasteiger partial charge in [0.25, 0.3) is 0 Å². The third-order valence-electron chi connectivity index (χ3n) is 5.55. The van der Waals surface area contributed by atoms with Gasteiger partial charge in [-0.25, -0.2) is 14.1 Å². The second-order valence-corrected chi connectivity index (χ2v) is 8.32. The van der Waals surface area contributed by atoms with Crippen LogP contribution in [0.15, 0.2) is 78.9 Å². The maximum absolute atomic E-state index is 13.8.